The Balaban J connectivity index is 1.73. The van der Waals surface area contributed by atoms with Crippen LogP contribution in [0, 0.1) is 0 Å². The van der Waals surface area contributed by atoms with Crippen molar-refractivity contribution in [1.29, 1.82) is 0 Å². The first-order valence-electron chi connectivity index (χ1n) is 8.35. The molecule has 0 spiro atoms. The van der Waals surface area contributed by atoms with Crippen molar-refractivity contribution in [3.63, 3.8) is 0 Å². The average Bonchev–Trinajstić information content (AvgIpc) is 3.20. The number of rotatable bonds is 7. The molecule has 27 heavy (non-hydrogen) atoms. The SMILES string of the molecule is CCOC(=O)c1cccc(NC(=O)c2ccccc2SCc2cscn2)c1. The Labute approximate surface area is 165 Å². The highest BCUT2D eigenvalue weighted by molar-refractivity contribution is 7.98. The van der Waals surface area contributed by atoms with Crippen LogP contribution >= 0.6 is 23.1 Å². The van der Waals surface area contributed by atoms with Gasteiger partial charge in [-0.15, -0.1) is 23.1 Å². The summed E-state index contributed by atoms with van der Waals surface area (Å²) < 4.78 is 5.00. The fourth-order valence-electron chi connectivity index (χ4n) is 2.38. The molecule has 1 N–H and O–H groups in total. The van der Waals surface area contributed by atoms with E-state index in [0.29, 0.717) is 29.2 Å². The molecule has 7 heteroatoms. The Kier molecular flexibility index (Phi) is 6.62. The van der Waals surface area contributed by atoms with Gasteiger partial charge in [0.25, 0.3) is 5.91 Å². The number of nitrogens with one attached hydrogen (secondary N) is 1. The van der Waals surface area contributed by atoms with E-state index in [0.717, 1.165) is 10.6 Å². The molecule has 1 heterocycles. The van der Waals surface area contributed by atoms with Gasteiger partial charge in [0.1, 0.15) is 0 Å². The lowest BCUT2D eigenvalue weighted by Crippen LogP contribution is -2.13. The Morgan fingerprint density at radius 2 is 2.04 bits per heavy atom. The maximum Gasteiger partial charge on any atom is 0.338 e. The van der Waals surface area contributed by atoms with Crippen molar-refractivity contribution in [3.05, 3.63) is 76.2 Å². The van der Waals surface area contributed by atoms with E-state index < -0.39 is 5.97 Å². The number of carbonyl (C=O) groups is 2. The zero-order chi connectivity index (χ0) is 19.1. The molecule has 0 saturated heterocycles. The number of ether oxygens (including phenoxy) is 1. The van der Waals surface area contributed by atoms with Gasteiger partial charge >= 0.3 is 5.97 Å². The highest BCUT2D eigenvalue weighted by Gasteiger charge is 2.13. The first kappa shape index (κ1) is 19.1. The zero-order valence-corrected chi connectivity index (χ0v) is 16.3. The smallest absolute Gasteiger partial charge is 0.338 e. The van der Waals surface area contributed by atoms with Gasteiger partial charge in [0, 0.05) is 21.7 Å². The molecule has 0 radical (unpaired) electrons. The lowest BCUT2D eigenvalue weighted by atomic mass is 10.1. The predicted molar refractivity (Wildman–Crippen MR) is 108 cm³/mol. The summed E-state index contributed by atoms with van der Waals surface area (Å²) in [7, 11) is 0. The van der Waals surface area contributed by atoms with Crippen molar-refractivity contribution in [1.82, 2.24) is 4.98 Å². The fourth-order valence-corrected chi connectivity index (χ4v) is 3.99. The number of carbonyl (C=O) groups excluding carboxylic acids is 2. The lowest BCUT2D eigenvalue weighted by Gasteiger charge is -2.10. The van der Waals surface area contributed by atoms with Crippen LogP contribution in [-0.4, -0.2) is 23.5 Å². The molecule has 0 unspecified atom stereocenters. The van der Waals surface area contributed by atoms with Crippen molar-refractivity contribution in [2.24, 2.45) is 0 Å². The summed E-state index contributed by atoms with van der Waals surface area (Å²) >= 11 is 3.12. The molecule has 3 aromatic rings. The van der Waals surface area contributed by atoms with Gasteiger partial charge in [-0.2, -0.15) is 0 Å². The van der Waals surface area contributed by atoms with E-state index in [1.807, 2.05) is 23.6 Å². The van der Waals surface area contributed by atoms with Gasteiger partial charge in [-0.1, -0.05) is 18.2 Å². The van der Waals surface area contributed by atoms with Crippen LogP contribution in [-0.2, 0) is 10.5 Å². The topological polar surface area (TPSA) is 68.3 Å². The summed E-state index contributed by atoms with van der Waals surface area (Å²) in [4.78, 5) is 29.8. The zero-order valence-electron chi connectivity index (χ0n) is 14.7. The van der Waals surface area contributed by atoms with Crippen molar-refractivity contribution in [3.8, 4) is 0 Å². The molecular weight excluding hydrogens is 380 g/mol. The van der Waals surface area contributed by atoms with Crippen LogP contribution < -0.4 is 5.32 Å². The van der Waals surface area contributed by atoms with Crippen LogP contribution in [0.15, 0.2) is 64.3 Å². The summed E-state index contributed by atoms with van der Waals surface area (Å²) in [5, 5.41) is 4.85. The highest BCUT2D eigenvalue weighted by atomic mass is 32.2. The molecule has 0 saturated carbocycles. The number of anilines is 1. The van der Waals surface area contributed by atoms with Gasteiger partial charge in [0.15, 0.2) is 0 Å². The number of esters is 1. The molecule has 0 fully saturated rings. The second kappa shape index (κ2) is 9.34. The first-order valence-corrected chi connectivity index (χ1v) is 10.3. The predicted octanol–water partition coefficient (Wildman–Crippen LogP) is 4.86. The third-order valence-electron chi connectivity index (χ3n) is 3.62. The van der Waals surface area contributed by atoms with Crippen LogP contribution in [0.3, 0.4) is 0 Å². The first-order chi connectivity index (χ1) is 13.2. The van der Waals surface area contributed by atoms with Crippen LogP contribution in [0.5, 0.6) is 0 Å². The van der Waals surface area contributed by atoms with Crippen LogP contribution in [0.4, 0.5) is 5.69 Å². The summed E-state index contributed by atoms with van der Waals surface area (Å²) in [6.07, 6.45) is 0. The minimum Gasteiger partial charge on any atom is -0.462 e. The summed E-state index contributed by atoms with van der Waals surface area (Å²) in [5.74, 6) is 0.0665. The monoisotopic (exact) mass is 398 g/mol. The van der Waals surface area contributed by atoms with E-state index in [1.165, 1.54) is 0 Å². The third-order valence-corrected chi connectivity index (χ3v) is 5.36. The Morgan fingerprint density at radius 1 is 1.19 bits per heavy atom. The molecule has 0 bridgehead atoms. The molecule has 138 valence electrons. The summed E-state index contributed by atoms with van der Waals surface area (Å²) in [6, 6.07) is 14.2. The number of thioether (sulfide) groups is 1. The fraction of sp³-hybridized carbons (Fsp3) is 0.150. The molecule has 3 rings (SSSR count). The molecule has 0 atom stereocenters. The maximum atomic E-state index is 12.7. The molecule has 1 amide bonds. The van der Waals surface area contributed by atoms with Crippen LogP contribution in [0.1, 0.15) is 33.3 Å². The summed E-state index contributed by atoms with van der Waals surface area (Å²) in [6.45, 7) is 2.06. The molecule has 5 nitrogen and oxygen atoms in total. The second-order valence-corrected chi connectivity index (χ2v) is 7.26. The number of hydrogen-bond acceptors (Lipinski definition) is 6. The number of aromatic nitrogens is 1. The maximum absolute atomic E-state index is 12.7. The van der Waals surface area contributed by atoms with Crippen LogP contribution in [0.2, 0.25) is 0 Å². The quantitative estimate of drug-likeness (QED) is 0.454. The lowest BCUT2D eigenvalue weighted by molar-refractivity contribution is 0.0526. The van der Waals surface area contributed by atoms with E-state index in [9.17, 15) is 9.59 Å². The van der Waals surface area contributed by atoms with Gasteiger partial charge in [-0.3, -0.25) is 4.79 Å². The number of amides is 1. The molecule has 1 aromatic heterocycles. The minimum absolute atomic E-state index is 0.225. The Morgan fingerprint density at radius 3 is 2.81 bits per heavy atom. The van der Waals surface area contributed by atoms with Crippen molar-refractivity contribution in [2.45, 2.75) is 17.6 Å². The van der Waals surface area contributed by atoms with Gasteiger partial charge in [-0.25, -0.2) is 9.78 Å². The second-order valence-electron chi connectivity index (χ2n) is 5.52. The normalized spacial score (nSPS) is 10.4. The number of thiazole rings is 1. The third kappa shape index (κ3) is 5.18. The largest absolute Gasteiger partial charge is 0.462 e. The molecule has 0 aliphatic carbocycles. The van der Waals surface area contributed by atoms with Gasteiger partial charge < -0.3 is 10.1 Å². The molecule has 0 aliphatic heterocycles. The van der Waals surface area contributed by atoms with E-state index in [1.54, 1.807) is 65.9 Å². The van der Waals surface area contributed by atoms with E-state index >= 15 is 0 Å². The number of hydrogen-bond donors (Lipinski definition) is 1. The van der Waals surface area contributed by atoms with Crippen molar-refractivity contribution < 1.29 is 14.3 Å². The van der Waals surface area contributed by atoms with Crippen LogP contribution in [0.25, 0.3) is 0 Å². The standard InChI is InChI=1S/C20H18N2O3S2/c1-2-25-20(24)14-6-5-7-15(10-14)22-19(23)17-8-3-4-9-18(17)27-12-16-11-26-13-21-16/h3-11,13H,2,12H2,1H3,(H,22,23). The molecule has 0 aliphatic rings. The van der Waals surface area contributed by atoms with Gasteiger partial charge in [-0.05, 0) is 37.3 Å². The number of benzene rings is 2. The average molecular weight is 399 g/mol. The summed E-state index contributed by atoms with van der Waals surface area (Å²) in [5.41, 5.74) is 4.32. The minimum atomic E-state index is -0.409. The van der Waals surface area contributed by atoms with Gasteiger partial charge in [0.2, 0.25) is 0 Å². The number of nitrogens with zero attached hydrogens (tertiary/aromatic N) is 1. The van der Waals surface area contributed by atoms with Crippen molar-refractivity contribution in [2.75, 3.05) is 11.9 Å². The van der Waals surface area contributed by atoms with E-state index in [-0.39, 0.29) is 5.91 Å². The Hall–Kier alpha value is -2.64. The Bertz CT molecular complexity index is 926. The van der Waals surface area contributed by atoms with Crippen molar-refractivity contribution >= 4 is 40.7 Å². The van der Waals surface area contributed by atoms with E-state index in [4.69, 9.17) is 4.74 Å². The molecule has 2 aromatic carbocycles. The molecular formula is C20H18N2O3S2. The van der Waals surface area contributed by atoms with E-state index in [2.05, 4.69) is 10.3 Å². The van der Waals surface area contributed by atoms with Gasteiger partial charge in [0.05, 0.1) is 28.9 Å². The highest BCUT2D eigenvalue weighted by Crippen LogP contribution is 2.27.